The summed E-state index contributed by atoms with van der Waals surface area (Å²) in [6.45, 7) is 1.96. The second-order valence-electron chi connectivity index (χ2n) is 4.12. The predicted octanol–water partition coefficient (Wildman–Crippen LogP) is 1.99. The van der Waals surface area contributed by atoms with Gasteiger partial charge in [0.25, 0.3) is 0 Å². The predicted molar refractivity (Wildman–Crippen MR) is 55.7 cm³/mol. The van der Waals surface area contributed by atoms with Crippen LogP contribution < -0.4 is 0 Å². The van der Waals surface area contributed by atoms with Crippen LogP contribution in [0.1, 0.15) is 41.6 Å². The lowest BCUT2D eigenvalue weighted by Crippen LogP contribution is -2.04. The molecule has 1 aliphatic carbocycles. The highest BCUT2D eigenvalue weighted by molar-refractivity contribution is 5.68. The van der Waals surface area contributed by atoms with Crippen LogP contribution in [0.2, 0.25) is 0 Å². The van der Waals surface area contributed by atoms with E-state index in [2.05, 4.69) is 0 Å². The molecule has 1 aromatic rings. The molecule has 0 spiro atoms. The first kappa shape index (κ1) is 10.2. The minimum Gasteiger partial charge on any atom is -0.481 e. The van der Waals surface area contributed by atoms with Crippen molar-refractivity contribution in [3.63, 3.8) is 0 Å². The number of hydrogen-bond acceptors (Lipinski definition) is 2. The normalized spacial score (nSPS) is 23.9. The Bertz CT molecular complexity index is 398. The molecule has 0 aromatic heterocycles. The number of aliphatic hydroxyl groups excluding tert-OH is 1. The summed E-state index contributed by atoms with van der Waals surface area (Å²) in [6, 6.07) is 5.75. The Labute approximate surface area is 88.4 Å². The molecule has 1 aromatic carbocycles. The summed E-state index contributed by atoms with van der Waals surface area (Å²) in [5.41, 5.74) is 3.02. The lowest BCUT2D eigenvalue weighted by Gasteiger charge is -2.10. The van der Waals surface area contributed by atoms with E-state index in [1.165, 1.54) is 0 Å². The van der Waals surface area contributed by atoms with E-state index in [1.54, 1.807) is 0 Å². The molecule has 2 atom stereocenters. The van der Waals surface area contributed by atoms with Gasteiger partial charge in [-0.25, -0.2) is 0 Å². The summed E-state index contributed by atoms with van der Waals surface area (Å²) in [5, 5.41) is 18.6. The third-order valence-corrected chi connectivity index (χ3v) is 3.05. The van der Waals surface area contributed by atoms with Crippen LogP contribution in [0.15, 0.2) is 18.2 Å². The van der Waals surface area contributed by atoms with Crippen LogP contribution in [-0.4, -0.2) is 16.2 Å². The maximum absolute atomic E-state index is 10.7. The van der Waals surface area contributed by atoms with Gasteiger partial charge in [0.2, 0.25) is 0 Å². The highest BCUT2D eigenvalue weighted by atomic mass is 16.4. The van der Waals surface area contributed by atoms with Gasteiger partial charge in [-0.3, -0.25) is 4.79 Å². The van der Waals surface area contributed by atoms with Crippen molar-refractivity contribution in [3.05, 3.63) is 34.9 Å². The topological polar surface area (TPSA) is 57.5 Å². The first-order valence-corrected chi connectivity index (χ1v) is 5.09. The molecule has 15 heavy (non-hydrogen) atoms. The van der Waals surface area contributed by atoms with E-state index in [0.29, 0.717) is 6.42 Å². The number of carboxylic acids is 1. The minimum absolute atomic E-state index is 0.0336. The Morgan fingerprint density at radius 2 is 2.27 bits per heavy atom. The number of carboxylic acid groups (broad SMARTS) is 1. The van der Waals surface area contributed by atoms with Gasteiger partial charge in [-0.1, -0.05) is 18.2 Å². The SMILES string of the molecule is Cc1cccc2c1C(CC(=O)O)CC2O. The number of hydrogen-bond donors (Lipinski definition) is 2. The van der Waals surface area contributed by atoms with Gasteiger partial charge < -0.3 is 10.2 Å². The molecular weight excluding hydrogens is 192 g/mol. The number of aliphatic carboxylic acids is 1. The zero-order valence-electron chi connectivity index (χ0n) is 8.60. The van der Waals surface area contributed by atoms with Crippen LogP contribution in [0, 0.1) is 6.92 Å². The molecule has 2 N–H and O–H groups in total. The molecule has 3 heteroatoms. The molecule has 3 nitrogen and oxygen atoms in total. The van der Waals surface area contributed by atoms with Gasteiger partial charge in [0, 0.05) is 0 Å². The number of aliphatic hydroxyl groups is 1. The van der Waals surface area contributed by atoms with E-state index in [0.717, 1.165) is 16.7 Å². The van der Waals surface area contributed by atoms with Gasteiger partial charge in [-0.05, 0) is 36.0 Å². The van der Waals surface area contributed by atoms with Crippen molar-refractivity contribution in [2.24, 2.45) is 0 Å². The van der Waals surface area contributed by atoms with Gasteiger partial charge in [0.15, 0.2) is 0 Å². The third kappa shape index (κ3) is 1.75. The molecule has 0 radical (unpaired) electrons. The lowest BCUT2D eigenvalue weighted by molar-refractivity contribution is -0.137. The first-order chi connectivity index (χ1) is 7.09. The molecule has 2 unspecified atom stereocenters. The fraction of sp³-hybridized carbons (Fsp3) is 0.417. The molecule has 0 bridgehead atoms. The molecular formula is C12H14O3. The van der Waals surface area contributed by atoms with Gasteiger partial charge >= 0.3 is 5.97 Å². The Hall–Kier alpha value is -1.35. The van der Waals surface area contributed by atoms with Crippen LogP contribution in [0.4, 0.5) is 0 Å². The van der Waals surface area contributed by atoms with Gasteiger partial charge in [0.1, 0.15) is 0 Å². The molecule has 0 aliphatic heterocycles. The quantitative estimate of drug-likeness (QED) is 0.778. The molecule has 80 valence electrons. The molecule has 2 rings (SSSR count). The van der Waals surface area contributed by atoms with Gasteiger partial charge in [0.05, 0.1) is 12.5 Å². The van der Waals surface area contributed by atoms with E-state index in [9.17, 15) is 9.90 Å². The van der Waals surface area contributed by atoms with Crippen molar-refractivity contribution in [2.45, 2.75) is 31.8 Å². The van der Waals surface area contributed by atoms with Crippen LogP contribution in [0.5, 0.6) is 0 Å². The van der Waals surface area contributed by atoms with Crippen LogP contribution in [0.25, 0.3) is 0 Å². The Morgan fingerprint density at radius 3 is 2.93 bits per heavy atom. The van der Waals surface area contributed by atoms with Gasteiger partial charge in [-0.15, -0.1) is 0 Å². The molecule has 1 aliphatic rings. The van der Waals surface area contributed by atoms with Crippen molar-refractivity contribution in [3.8, 4) is 0 Å². The van der Waals surface area contributed by atoms with Crippen molar-refractivity contribution in [2.75, 3.05) is 0 Å². The first-order valence-electron chi connectivity index (χ1n) is 5.09. The summed E-state index contributed by atoms with van der Waals surface area (Å²) in [7, 11) is 0. The second kappa shape index (κ2) is 3.66. The zero-order valence-corrected chi connectivity index (χ0v) is 8.60. The average molecular weight is 206 g/mol. The molecule has 0 fully saturated rings. The van der Waals surface area contributed by atoms with Crippen LogP contribution in [-0.2, 0) is 4.79 Å². The summed E-state index contributed by atoms with van der Waals surface area (Å²) in [5.74, 6) is -0.836. The maximum atomic E-state index is 10.7. The van der Waals surface area contributed by atoms with Crippen molar-refractivity contribution < 1.29 is 15.0 Å². The molecule has 0 saturated carbocycles. The minimum atomic E-state index is -0.802. The summed E-state index contributed by atoms with van der Waals surface area (Å²) >= 11 is 0. The zero-order chi connectivity index (χ0) is 11.0. The second-order valence-corrected chi connectivity index (χ2v) is 4.12. The number of aryl methyl sites for hydroxylation is 1. The number of fused-ring (bicyclic) bond motifs is 1. The fourth-order valence-corrected chi connectivity index (χ4v) is 2.46. The summed E-state index contributed by atoms with van der Waals surface area (Å²) < 4.78 is 0. The third-order valence-electron chi connectivity index (χ3n) is 3.05. The Morgan fingerprint density at radius 1 is 1.53 bits per heavy atom. The Kier molecular flexibility index (Phi) is 2.49. The van der Waals surface area contributed by atoms with E-state index >= 15 is 0 Å². The molecule has 0 saturated heterocycles. The fourth-order valence-electron chi connectivity index (χ4n) is 2.46. The van der Waals surface area contributed by atoms with Crippen molar-refractivity contribution in [1.29, 1.82) is 0 Å². The van der Waals surface area contributed by atoms with Crippen LogP contribution >= 0.6 is 0 Å². The Balaban J connectivity index is 2.39. The number of carbonyl (C=O) groups is 1. The monoisotopic (exact) mass is 206 g/mol. The van der Waals surface area contributed by atoms with Crippen LogP contribution in [0.3, 0.4) is 0 Å². The number of benzene rings is 1. The highest BCUT2D eigenvalue weighted by Crippen LogP contribution is 2.43. The maximum Gasteiger partial charge on any atom is 0.303 e. The van der Waals surface area contributed by atoms with E-state index in [1.807, 2.05) is 25.1 Å². The van der Waals surface area contributed by atoms with E-state index in [-0.39, 0.29) is 12.3 Å². The number of rotatable bonds is 2. The van der Waals surface area contributed by atoms with E-state index < -0.39 is 12.1 Å². The van der Waals surface area contributed by atoms with Gasteiger partial charge in [-0.2, -0.15) is 0 Å². The molecule has 0 amide bonds. The summed E-state index contributed by atoms with van der Waals surface area (Å²) in [6.07, 6.45) is 0.144. The molecule has 0 heterocycles. The summed E-state index contributed by atoms with van der Waals surface area (Å²) in [4.78, 5) is 10.7. The van der Waals surface area contributed by atoms with Crippen molar-refractivity contribution in [1.82, 2.24) is 0 Å². The average Bonchev–Trinajstić information content (AvgIpc) is 2.44. The largest absolute Gasteiger partial charge is 0.481 e. The smallest absolute Gasteiger partial charge is 0.303 e. The standard InChI is InChI=1S/C12H14O3/c1-7-3-2-4-9-10(13)5-8(12(7)9)6-11(14)15/h2-4,8,10,13H,5-6H2,1H3,(H,14,15). The lowest BCUT2D eigenvalue weighted by atomic mass is 9.94. The van der Waals surface area contributed by atoms with Crippen molar-refractivity contribution >= 4 is 5.97 Å². The van der Waals surface area contributed by atoms with E-state index in [4.69, 9.17) is 5.11 Å². The highest BCUT2D eigenvalue weighted by Gasteiger charge is 2.31.